The van der Waals surface area contributed by atoms with E-state index in [2.05, 4.69) is 32.9 Å². The summed E-state index contributed by atoms with van der Waals surface area (Å²) >= 11 is 0. The first-order valence-electron chi connectivity index (χ1n) is 6.31. The number of hydrogen-bond donors (Lipinski definition) is 0. The minimum absolute atomic E-state index is 0.500. The molecule has 0 aliphatic heterocycles. The molecular formula is C15H27F2P. The summed E-state index contributed by atoms with van der Waals surface area (Å²) in [6.45, 7) is 6.73. The summed E-state index contributed by atoms with van der Waals surface area (Å²) in [6, 6.07) is 10.3. The van der Waals surface area contributed by atoms with Gasteiger partial charge in [0, 0.05) is 0 Å². The average molecular weight is 276 g/mol. The Morgan fingerprint density at radius 2 is 1.50 bits per heavy atom. The van der Waals surface area contributed by atoms with Crippen molar-refractivity contribution >= 4 is 9.55 Å². The Kier molecular flexibility index (Phi) is 16.1. The van der Waals surface area contributed by atoms with Crippen molar-refractivity contribution in [2.45, 2.75) is 40.0 Å². The van der Waals surface area contributed by atoms with E-state index in [1.165, 1.54) is 24.8 Å². The molecule has 0 bridgehead atoms. The van der Waals surface area contributed by atoms with Crippen LogP contribution in [-0.2, 0) is 0 Å². The van der Waals surface area contributed by atoms with Crippen LogP contribution in [0.25, 0.3) is 0 Å². The smallest absolute Gasteiger partial charge is 0.0785 e. The topological polar surface area (TPSA) is 0 Å². The van der Waals surface area contributed by atoms with Gasteiger partial charge in [-0.1, -0.05) is 69.0 Å². The Balaban J connectivity index is 0. The van der Waals surface area contributed by atoms with Gasteiger partial charge in [-0.3, -0.25) is 4.39 Å². The van der Waals surface area contributed by atoms with Crippen LogP contribution in [0.4, 0.5) is 8.59 Å². The fraction of sp³-hybridized carbons (Fsp3) is 0.600. The van der Waals surface area contributed by atoms with Crippen molar-refractivity contribution < 1.29 is 8.59 Å². The number of hydrogen-bond acceptors (Lipinski definition) is 0. The highest BCUT2D eigenvalue weighted by Gasteiger charge is 2.19. The van der Waals surface area contributed by atoms with Gasteiger partial charge in [0.2, 0.25) is 0 Å². The predicted molar refractivity (Wildman–Crippen MR) is 81.2 cm³/mol. The molecule has 1 atom stereocenters. The van der Waals surface area contributed by atoms with E-state index in [9.17, 15) is 8.59 Å². The Hall–Kier alpha value is -0.490. The van der Waals surface area contributed by atoms with Gasteiger partial charge in [0.1, 0.15) is 0 Å². The average Bonchev–Trinajstić information content (AvgIpc) is 2.33. The van der Waals surface area contributed by atoms with Gasteiger partial charge in [0.25, 0.3) is 0 Å². The van der Waals surface area contributed by atoms with Crippen molar-refractivity contribution in [3.63, 3.8) is 0 Å². The summed E-state index contributed by atoms with van der Waals surface area (Å²) < 4.78 is 18.9. The summed E-state index contributed by atoms with van der Waals surface area (Å²) in [6.07, 6.45) is 4.48. The van der Waals surface area contributed by atoms with E-state index < -0.39 is 0 Å². The van der Waals surface area contributed by atoms with Crippen LogP contribution in [0.5, 0.6) is 0 Å². The zero-order valence-electron chi connectivity index (χ0n) is 12.0. The second-order valence-corrected chi connectivity index (χ2v) is 4.59. The molecule has 0 saturated heterocycles. The van der Waals surface area contributed by atoms with Crippen molar-refractivity contribution in [3.8, 4) is 0 Å². The van der Waals surface area contributed by atoms with Crippen molar-refractivity contribution in [1.82, 2.24) is 0 Å². The van der Waals surface area contributed by atoms with Crippen molar-refractivity contribution in [2.75, 3.05) is 7.18 Å². The first-order chi connectivity index (χ1) is 8.70. The van der Waals surface area contributed by atoms with Gasteiger partial charge in [-0.05, 0) is 18.8 Å². The maximum Gasteiger partial charge on any atom is 0.0785 e. The van der Waals surface area contributed by atoms with Crippen molar-refractivity contribution in [1.29, 1.82) is 0 Å². The molecule has 3 heteroatoms. The molecule has 1 aliphatic rings. The molecule has 1 fully saturated rings. The highest BCUT2D eigenvalue weighted by atomic mass is 31.1. The third-order valence-corrected chi connectivity index (χ3v) is 3.03. The van der Waals surface area contributed by atoms with E-state index in [1.54, 1.807) is 0 Å². The monoisotopic (exact) mass is 276 g/mol. The van der Waals surface area contributed by atoms with Crippen LogP contribution in [0.2, 0.25) is 0 Å². The molecule has 106 valence electrons. The minimum Gasteiger partial charge on any atom is -0.255 e. The van der Waals surface area contributed by atoms with Crippen LogP contribution in [0, 0.1) is 18.8 Å². The molecule has 1 aliphatic carbocycles. The lowest BCUT2D eigenvalue weighted by molar-refractivity contribution is 0.235. The lowest BCUT2D eigenvalue weighted by atomic mass is 9.78. The molecule has 0 amide bonds. The Morgan fingerprint density at radius 3 is 1.61 bits per heavy atom. The quantitative estimate of drug-likeness (QED) is 0.571. The largest absolute Gasteiger partial charge is 0.255 e. The van der Waals surface area contributed by atoms with Gasteiger partial charge >= 0.3 is 0 Å². The van der Waals surface area contributed by atoms with Gasteiger partial charge in [-0.25, -0.2) is 4.20 Å². The van der Waals surface area contributed by atoms with E-state index in [-0.39, 0.29) is 0 Å². The Labute approximate surface area is 114 Å². The number of halogens is 2. The van der Waals surface area contributed by atoms with Crippen molar-refractivity contribution in [3.05, 3.63) is 35.9 Å². The second kappa shape index (κ2) is 14.6. The molecule has 1 saturated carbocycles. The predicted octanol–water partition coefficient (Wildman–Crippen LogP) is 5.77. The minimum atomic E-state index is 0.500. The number of benzene rings is 1. The van der Waals surface area contributed by atoms with Crippen LogP contribution in [0.1, 0.15) is 38.7 Å². The maximum absolute atomic E-state index is 9.50. The number of aryl methyl sites for hydroxylation is 1. The summed E-state index contributed by atoms with van der Waals surface area (Å²) in [7, 11) is 1.42. The van der Waals surface area contributed by atoms with E-state index >= 15 is 0 Å². The summed E-state index contributed by atoms with van der Waals surface area (Å²) in [5, 5.41) is 0. The van der Waals surface area contributed by atoms with Gasteiger partial charge in [-0.2, -0.15) is 0 Å². The van der Waals surface area contributed by atoms with Crippen LogP contribution >= 0.6 is 9.55 Å². The van der Waals surface area contributed by atoms with Gasteiger partial charge in [-0.15, -0.1) is 0 Å². The second-order valence-electron chi connectivity index (χ2n) is 4.59. The fourth-order valence-electron chi connectivity index (χ4n) is 1.64. The standard InChI is InChI=1S/C7H14.C7H8.CH3F.FH2P/c1-6(2)7-4-3-5-7;1-7-5-3-2-4-6-7;2*1-2/h6-7H,3-5H2,1-2H3;2-6H,1H3;1H3;2H2. The van der Waals surface area contributed by atoms with Crippen LogP contribution in [-0.4, -0.2) is 7.18 Å². The maximum atomic E-state index is 9.50. The molecule has 0 aromatic heterocycles. The molecule has 0 radical (unpaired) electrons. The summed E-state index contributed by atoms with van der Waals surface area (Å²) in [4.78, 5) is 0. The molecule has 1 aromatic rings. The van der Waals surface area contributed by atoms with Crippen LogP contribution < -0.4 is 0 Å². The highest BCUT2D eigenvalue weighted by Crippen LogP contribution is 2.32. The zero-order chi connectivity index (χ0) is 14.4. The van der Waals surface area contributed by atoms with Crippen LogP contribution in [0.15, 0.2) is 30.3 Å². The normalized spacial score (nSPS) is 12.9. The third-order valence-electron chi connectivity index (χ3n) is 3.03. The molecule has 0 nitrogen and oxygen atoms in total. The number of rotatable bonds is 1. The molecule has 0 N–H and O–H groups in total. The van der Waals surface area contributed by atoms with Crippen LogP contribution in [0.3, 0.4) is 0 Å². The van der Waals surface area contributed by atoms with Gasteiger partial charge in [0.15, 0.2) is 0 Å². The third kappa shape index (κ3) is 10.7. The first-order valence-corrected chi connectivity index (χ1v) is 6.75. The molecule has 2 rings (SSSR count). The van der Waals surface area contributed by atoms with E-state index in [0.717, 1.165) is 21.4 Å². The van der Waals surface area contributed by atoms with Gasteiger partial charge < -0.3 is 0 Å². The fourth-order valence-corrected chi connectivity index (χ4v) is 1.64. The Bertz CT molecular complexity index is 246. The highest BCUT2D eigenvalue weighted by molar-refractivity contribution is 7.09. The van der Waals surface area contributed by atoms with E-state index in [1.807, 2.05) is 18.2 Å². The zero-order valence-corrected chi connectivity index (χ0v) is 13.2. The molecule has 1 aromatic carbocycles. The molecule has 1 unspecified atom stereocenters. The molecular weight excluding hydrogens is 249 g/mol. The van der Waals surface area contributed by atoms with Gasteiger partial charge in [0.05, 0.1) is 16.7 Å². The summed E-state index contributed by atoms with van der Waals surface area (Å²) in [5.41, 5.74) is 1.32. The lowest BCUT2D eigenvalue weighted by Crippen LogP contribution is -2.16. The van der Waals surface area contributed by atoms with E-state index in [0.29, 0.717) is 7.18 Å². The molecule has 0 heterocycles. The Morgan fingerprint density at radius 1 is 1.06 bits per heavy atom. The summed E-state index contributed by atoms with van der Waals surface area (Å²) in [5.74, 6) is 2.04. The van der Waals surface area contributed by atoms with E-state index in [4.69, 9.17) is 0 Å². The van der Waals surface area contributed by atoms with Crippen molar-refractivity contribution in [2.24, 2.45) is 11.8 Å². The lowest BCUT2D eigenvalue weighted by Gasteiger charge is -2.28. The SMILES string of the molecule is CC(C)C1CCC1.CF.Cc1ccccc1.FP. The first kappa shape index (κ1) is 19.8. The molecule has 0 spiro atoms. The number of alkyl halides is 1. The molecule has 18 heavy (non-hydrogen) atoms.